The fourth-order valence-corrected chi connectivity index (χ4v) is 4.84. The van der Waals surface area contributed by atoms with Crippen LogP contribution < -0.4 is 32.9 Å². The fourth-order valence-electron chi connectivity index (χ4n) is 2.67. The molecule has 0 radical (unpaired) electrons. The zero-order valence-electron chi connectivity index (χ0n) is 17.1. The Balaban J connectivity index is 2.50. The summed E-state index contributed by atoms with van der Waals surface area (Å²) in [6.07, 6.45) is 1.47. The number of ether oxygens (including phenoxy) is 6. The number of methoxy groups -OCH3 is 6. The van der Waals surface area contributed by atoms with Crippen molar-refractivity contribution in [1.82, 2.24) is 0 Å². The van der Waals surface area contributed by atoms with Crippen molar-refractivity contribution in [1.29, 1.82) is 0 Å². The molecule has 0 saturated heterocycles. The van der Waals surface area contributed by atoms with E-state index in [1.165, 1.54) is 60.9 Å². The Bertz CT molecular complexity index is 946. The van der Waals surface area contributed by atoms with Crippen LogP contribution in [0.25, 0.3) is 6.08 Å². The Labute approximate surface area is 171 Å². The zero-order chi connectivity index (χ0) is 21.6. The van der Waals surface area contributed by atoms with Crippen molar-refractivity contribution >= 4 is 23.2 Å². The molecule has 8 nitrogen and oxygen atoms in total. The maximum absolute atomic E-state index is 12.9. The number of hydrogen-bond donors (Lipinski definition) is 0. The molecule has 9 heteroatoms. The normalized spacial score (nSPS) is 11.2. The molecule has 29 heavy (non-hydrogen) atoms. The number of rotatable bonds is 9. The van der Waals surface area contributed by atoms with Gasteiger partial charge in [-0.15, -0.1) is 0 Å². The van der Waals surface area contributed by atoms with Gasteiger partial charge in [0.1, 0.15) is 0 Å². The van der Waals surface area contributed by atoms with Gasteiger partial charge in [0.05, 0.1) is 0 Å². The van der Waals surface area contributed by atoms with Crippen LogP contribution in [0, 0.1) is 0 Å². The minimum absolute atomic E-state index is 0.0689. The molecule has 0 spiro atoms. The summed E-state index contributed by atoms with van der Waals surface area (Å²) in [4.78, 5) is 1.15. The molecular formula is C20H24O8Se. The molecule has 2 aromatic rings. The molecular weight excluding hydrogens is 447 g/mol. The van der Waals surface area contributed by atoms with Crippen molar-refractivity contribution in [2.24, 2.45) is 0 Å². The molecule has 0 unspecified atom stereocenters. The quantitative estimate of drug-likeness (QED) is 0.516. The van der Waals surface area contributed by atoms with Crippen LogP contribution in [0.5, 0.6) is 34.5 Å². The predicted octanol–water partition coefficient (Wildman–Crippen LogP) is 2.50. The molecule has 0 amide bonds. The first kappa shape index (κ1) is 22.4. The molecule has 0 heterocycles. The van der Waals surface area contributed by atoms with E-state index >= 15 is 0 Å². The Kier molecular flexibility index (Phi) is 7.36. The number of benzene rings is 2. The second kappa shape index (κ2) is 9.54. The first-order valence-corrected chi connectivity index (χ1v) is 11.6. The third-order valence-corrected chi connectivity index (χ3v) is 7.00. The molecule has 158 valence electrons. The van der Waals surface area contributed by atoms with Gasteiger partial charge in [-0.05, 0) is 0 Å². The van der Waals surface area contributed by atoms with Crippen molar-refractivity contribution in [2.45, 2.75) is 0 Å². The van der Waals surface area contributed by atoms with E-state index in [4.69, 9.17) is 28.4 Å². The molecule has 2 rings (SSSR count). The van der Waals surface area contributed by atoms with Crippen LogP contribution >= 0.6 is 0 Å². The topological polar surface area (TPSA) is 89.5 Å². The minimum atomic E-state index is -4.69. The monoisotopic (exact) mass is 472 g/mol. The Morgan fingerprint density at radius 3 is 1.34 bits per heavy atom. The van der Waals surface area contributed by atoms with Gasteiger partial charge in [-0.1, -0.05) is 0 Å². The van der Waals surface area contributed by atoms with Gasteiger partial charge in [-0.3, -0.25) is 0 Å². The van der Waals surface area contributed by atoms with Crippen LogP contribution in [-0.4, -0.2) is 55.4 Å². The molecule has 0 bridgehead atoms. The van der Waals surface area contributed by atoms with Gasteiger partial charge in [0.15, 0.2) is 0 Å². The molecule has 0 aliphatic heterocycles. The average Bonchev–Trinajstić information content (AvgIpc) is 2.75. The molecule has 0 atom stereocenters. The van der Waals surface area contributed by atoms with Gasteiger partial charge < -0.3 is 0 Å². The Morgan fingerprint density at radius 2 is 1.00 bits per heavy atom. The van der Waals surface area contributed by atoms with E-state index < -0.39 is 12.7 Å². The van der Waals surface area contributed by atoms with Gasteiger partial charge in [0, 0.05) is 0 Å². The molecule has 0 aliphatic rings. The summed E-state index contributed by atoms with van der Waals surface area (Å²) in [5, 5.41) is 0. The van der Waals surface area contributed by atoms with E-state index in [9.17, 15) is 7.67 Å². The van der Waals surface area contributed by atoms with Crippen LogP contribution in [0.15, 0.2) is 29.2 Å². The second-order valence-electron chi connectivity index (χ2n) is 5.67. The van der Waals surface area contributed by atoms with Crippen molar-refractivity contribution < 1.29 is 36.1 Å². The van der Waals surface area contributed by atoms with Crippen molar-refractivity contribution in [3.63, 3.8) is 0 Å². The third kappa shape index (κ3) is 4.75. The summed E-state index contributed by atoms with van der Waals surface area (Å²) in [5.41, 5.74) is 0.570. The fraction of sp³-hybridized carbons (Fsp3) is 0.300. The van der Waals surface area contributed by atoms with E-state index in [-0.39, 0.29) is 16.0 Å². The predicted molar refractivity (Wildman–Crippen MR) is 108 cm³/mol. The van der Waals surface area contributed by atoms with Crippen LogP contribution in [0.4, 0.5) is 0 Å². The number of hydrogen-bond acceptors (Lipinski definition) is 8. The van der Waals surface area contributed by atoms with E-state index in [0.717, 1.165) is 4.97 Å². The molecule has 0 N–H and O–H groups in total. The molecule has 0 aliphatic carbocycles. The van der Waals surface area contributed by atoms with Gasteiger partial charge in [-0.2, -0.15) is 0 Å². The Hall–Kier alpha value is -2.90. The second-order valence-corrected chi connectivity index (χ2v) is 9.51. The average molecular weight is 471 g/mol. The molecule has 0 fully saturated rings. The first-order valence-electron chi connectivity index (χ1n) is 8.38. The first-order chi connectivity index (χ1) is 13.8. The molecule has 0 aromatic heterocycles. The third-order valence-electron chi connectivity index (χ3n) is 4.09. The maximum atomic E-state index is 12.9. The van der Waals surface area contributed by atoms with Gasteiger partial charge in [0.2, 0.25) is 0 Å². The van der Waals surface area contributed by atoms with E-state index in [1.807, 2.05) is 0 Å². The standard InChI is InChI=1S/C20H24O8Se/c1-23-15-9-13(10-16(24-2)19(15)27-5)7-8-29(21,22)14-11-17(25-3)20(28-6)18(12-14)26-4/h7-12H,1-6H3/b8-7+. The van der Waals surface area contributed by atoms with Crippen molar-refractivity contribution in [3.05, 3.63) is 34.8 Å². The summed E-state index contributed by atoms with van der Waals surface area (Å²) in [7, 11) is 8.77. The Morgan fingerprint density at radius 1 is 0.621 bits per heavy atom. The van der Waals surface area contributed by atoms with Crippen LogP contribution in [0.2, 0.25) is 0 Å². The van der Waals surface area contributed by atoms with Gasteiger partial charge >= 0.3 is 171 Å². The SMILES string of the molecule is COc1cc(/C=C/[Se](=O)(=O)c2cc(OC)c(OC)c(OC)c2)cc(OC)c1OC. The summed E-state index contributed by atoms with van der Waals surface area (Å²) in [6.45, 7) is 0. The van der Waals surface area contributed by atoms with Crippen molar-refractivity contribution in [3.8, 4) is 34.5 Å². The van der Waals surface area contributed by atoms with Crippen LogP contribution in [0.3, 0.4) is 0 Å². The zero-order valence-corrected chi connectivity index (χ0v) is 18.9. The van der Waals surface area contributed by atoms with Crippen LogP contribution in [-0.2, 0) is 7.67 Å². The molecule has 2 aromatic carbocycles. The summed E-state index contributed by atoms with van der Waals surface area (Å²) in [6, 6.07) is 6.11. The summed E-state index contributed by atoms with van der Waals surface area (Å²) >= 11 is -4.69. The van der Waals surface area contributed by atoms with Crippen LogP contribution in [0.1, 0.15) is 5.56 Å². The molecule has 0 saturated carbocycles. The van der Waals surface area contributed by atoms with Gasteiger partial charge in [-0.25, -0.2) is 0 Å². The van der Waals surface area contributed by atoms with E-state index in [0.29, 0.717) is 28.6 Å². The summed E-state index contributed by atoms with van der Waals surface area (Å²) < 4.78 is 57.5. The van der Waals surface area contributed by atoms with E-state index in [1.54, 1.807) is 12.1 Å². The van der Waals surface area contributed by atoms with Crippen molar-refractivity contribution in [2.75, 3.05) is 42.7 Å². The van der Waals surface area contributed by atoms with Gasteiger partial charge in [0.25, 0.3) is 0 Å². The van der Waals surface area contributed by atoms with E-state index in [2.05, 4.69) is 0 Å². The summed E-state index contributed by atoms with van der Waals surface area (Å²) in [5.74, 6) is 2.11.